The molecule has 1 aliphatic heterocycles. The van der Waals surface area contributed by atoms with E-state index in [1.165, 1.54) is 0 Å². The predicted octanol–water partition coefficient (Wildman–Crippen LogP) is 1.49. The van der Waals surface area contributed by atoms with E-state index in [2.05, 4.69) is 17.2 Å². The first kappa shape index (κ1) is 12.0. The van der Waals surface area contributed by atoms with Gasteiger partial charge in [0.1, 0.15) is 0 Å². The Morgan fingerprint density at radius 2 is 2.41 bits per heavy atom. The Bertz CT molecular complexity index is 405. The third kappa shape index (κ3) is 2.47. The zero-order chi connectivity index (χ0) is 12.3. The molecule has 1 unspecified atom stereocenters. The van der Waals surface area contributed by atoms with Crippen LogP contribution >= 0.6 is 0 Å². The van der Waals surface area contributed by atoms with Crippen molar-refractivity contribution >= 4 is 11.6 Å². The lowest BCUT2D eigenvalue weighted by Gasteiger charge is -2.18. The van der Waals surface area contributed by atoms with Gasteiger partial charge in [0.2, 0.25) is 5.91 Å². The number of nitrogens with zero attached hydrogens (tertiary/aromatic N) is 2. The molecule has 4 nitrogen and oxygen atoms in total. The molecule has 1 aromatic heterocycles. The summed E-state index contributed by atoms with van der Waals surface area (Å²) in [6.07, 6.45) is 5.46. The fourth-order valence-electron chi connectivity index (χ4n) is 2.17. The monoisotopic (exact) mass is 233 g/mol. The molecule has 17 heavy (non-hydrogen) atoms. The number of aryl methyl sites for hydroxylation is 1. The van der Waals surface area contributed by atoms with Gasteiger partial charge in [-0.15, -0.1) is 0 Å². The fourth-order valence-corrected chi connectivity index (χ4v) is 2.17. The van der Waals surface area contributed by atoms with Crippen molar-refractivity contribution in [2.24, 2.45) is 0 Å². The van der Waals surface area contributed by atoms with Crippen LogP contribution in [-0.4, -0.2) is 30.0 Å². The van der Waals surface area contributed by atoms with Gasteiger partial charge in [0.25, 0.3) is 0 Å². The van der Waals surface area contributed by atoms with Gasteiger partial charge < -0.3 is 10.2 Å². The van der Waals surface area contributed by atoms with Gasteiger partial charge in [0, 0.05) is 12.7 Å². The van der Waals surface area contributed by atoms with Gasteiger partial charge in [-0.1, -0.05) is 6.92 Å². The largest absolute Gasteiger partial charge is 0.309 e. The topological polar surface area (TPSA) is 45.2 Å². The molecule has 1 saturated heterocycles. The van der Waals surface area contributed by atoms with E-state index in [1.54, 1.807) is 12.4 Å². The summed E-state index contributed by atoms with van der Waals surface area (Å²) < 4.78 is 0. The van der Waals surface area contributed by atoms with Crippen LogP contribution in [0.25, 0.3) is 0 Å². The van der Waals surface area contributed by atoms with E-state index in [1.807, 2.05) is 17.9 Å². The van der Waals surface area contributed by atoms with Gasteiger partial charge in [-0.05, 0) is 37.9 Å². The number of carbonyl (C=O) groups excluding carboxylic acids is 1. The lowest BCUT2D eigenvalue weighted by Crippen LogP contribution is -2.38. The van der Waals surface area contributed by atoms with Crippen molar-refractivity contribution in [3.05, 3.63) is 24.0 Å². The third-order valence-corrected chi connectivity index (χ3v) is 3.15. The van der Waals surface area contributed by atoms with Crippen LogP contribution in [0.3, 0.4) is 0 Å². The van der Waals surface area contributed by atoms with Gasteiger partial charge in [0.05, 0.1) is 17.9 Å². The summed E-state index contributed by atoms with van der Waals surface area (Å²) in [5.74, 6) is 0.176. The first-order chi connectivity index (χ1) is 8.24. The van der Waals surface area contributed by atoms with E-state index in [0.29, 0.717) is 0 Å². The maximum Gasteiger partial charge on any atom is 0.244 e. The number of hydrogen-bond acceptors (Lipinski definition) is 3. The first-order valence-corrected chi connectivity index (χ1v) is 6.19. The molecular weight excluding hydrogens is 214 g/mol. The molecule has 1 aromatic rings. The molecule has 1 aliphatic rings. The van der Waals surface area contributed by atoms with Gasteiger partial charge >= 0.3 is 0 Å². The average molecular weight is 233 g/mol. The van der Waals surface area contributed by atoms with Crippen LogP contribution in [0.2, 0.25) is 0 Å². The van der Waals surface area contributed by atoms with E-state index in [9.17, 15) is 4.79 Å². The number of carbonyl (C=O) groups is 1. The normalized spacial score (nSPS) is 20.0. The van der Waals surface area contributed by atoms with Crippen LogP contribution in [0.15, 0.2) is 18.5 Å². The molecule has 0 aromatic carbocycles. The minimum absolute atomic E-state index is 0.0189. The SMILES string of the molecule is CCCNC1CCN(c2cnccc2C)C1=O. The molecule has 0 spiro atoms. The van der Waals surface area contributed by atoms with Crippen molar-refractivity contribution in [1.82, 2.24) is 10.3 Å². The molecule has 1 amide bonds. The van der Waals surface area contributed by atoms with Gasteiger partial charge in [-0.3, -0.25) is 9.78 Å². The lowest BCUT2D eigenvalue weighted by molar-refractivity contribution is -0.118. The summed E-state index contributed by atoms with van der Waals surface area (Å²) in [4.78, 5) is 18.1. The lowest BCUT2D eigenvalue weighted by atomic mass is 10.2. The molecule has 92 valence electrons. The molecule has 2 rings (SSSR count). The van der Waals surface area contributed by atoms with Crippen molar-refractivity contribution in [3.63, 3.8) is 0 Å². The van der Waals surface area contributed by atoms with E-state index >= 15 is 0 Å². The molecule has 4 heteroatoms. The number of hydrogen-bond donors (Lipinski definition) is 1. The molecule has 1 atom stereocenters. The van der Waals surface area contributed by atoms with Gasteiger partial charge in [-0.25, -0.2) is 0 Å². The van der Waals surface area contributed by atoms with Gasteiger partial charge in [-0.2, -0.15) is 0 Å². The number of amides is 1. The molecule has 0 bridgehead atoms. The van der Waals surface area contributed by atoms with E-state index in [4.69, 9.17) is 0 Å². The van der Waals surface area contributed by atoms with Crippen LogP contribution in [-0.2, 0) is 4.79 Å². The smallest absolute Gasteiger partial charge is 0.244 e. The predicted molar refractivity (Wildman–Crippen MR) is 68.0 cm³/mol. The van der Waals surface area contributed by atoms with Crippen LogP contribution in [0.1, 0.15) is 25.3 Å². The minimum Gasteiger partial charge on any atom is -0.309 e. The van der Waals surface area contributed by atoms with Gasteiger partial charge in [0.15, 0.2) is 0 Å². The second kappa shape index (κ2) is 5.27. The molecule has 0 saturated carbocycles. The summed E-state index contributed by atoms with van der Waals surface area (Å²) in [6.45, 7) is 5.80. The minimum atomic E-state index is -0.0189. The summed E-state index contributed by atoms with van der Waals surface area (Å²) >= 11 is 0. The Kier molecular flexibility index (Phi) is 3.74. The maximum atomic E-state index is 12.2. The average Bonchev–Trinajstić information content (AvgIpc) is 2.69. The zero-order valence-electron chi connectivity index (χ0n) is 10.4. The molecule has 1 N–H and O–H groups in total. The standard InChI is InChI=1S/C13H19N3O/c1-3-6-15-11-5-8-16(13(11)17)12-9-14-7-4-10(12)2/h4,7,9,11,15H,3,5-6,8H2,1-2H3. The number of pyridine rings is 1. The summed E-state index contributed by atoms with van der Waals surface area (Å²) in [5.41, 5.74) is 2.04. The molecule has 1 fully saturated rings. The van der Waals surface area contributed by atoms with Crippen LogP contribution in [0, 0.1) is 6.92 Å². The van der Waals surface area contributed by atoms with Crippen molar-refractivity contribution in [1.29, 1.82) is 0 Å². The number of anilines is 1. The van der Waals surface area contributed by atoms with Crippen molar-refractivity contribution in [3.8, 4) is 0 Å². The zero-order valence-corrected chi connectivity index (χ0v) is 10.4. The molecule has 0 aliphatic carbocycles. The number of nitrogens with one attached hydrogen (secondary N) is 1. The molecular formula is C13H19N3O. The quantitative estimate of drug-likeness (QED) is 0.857. The van der Waals surface area contributed by atoms with Crippen molar-refractivity contribution in [2.45, 2.75) is 32.7 Å². The molecule has 2 heterocycles. The van der Waals surface area contributed by atoms with Crippen LogP contribution in [0.5, 0.6) is 0 Å². The Morgan fingerprint density at radius 1 is 1.59 bits per heavy atom. The fraction of sp³-hybridized carbons (Fsp3) is 0.538. The summed E-state index contributed by atoms with van der Waals surface area (Å²) in [6, 6.07) is 1.92. The number of rotatable bonds is 4. The van der Waals surface area contributed by atoms with E-state index in [-0.39, 0.29) is 11.9 Å². The summed E-state index contributed by atoms with van der Waals surface area (Å²) in [7, 11) is 0. The second-order valence-corrected chi connectivity index (χ2v) is 4.45. The third-order valence-electron chi connectivity index (χ3n) is 3.15. The van der Waals surface area contributed by atoms with Crippen LogP contribution < -0.4 is 10.2 Å². The maximum absolute atomic E-state index is 12.2. The Balaban J connectivity index is 2.10. The van der Waals surface area contributed by atoms with Crippen molar-refractivity contribution in [2.75, 3.05) is 18.0 Å². The highest BCUT2D eigenvalue weighted by molar-refractivity contribution is 5.99. The van der Waals surface area contributed by atoms with Crippen molar-refractivity contribution < 1.29 is 4.79 Å². The number of aromatic nitrogens is 1. The highest BCUT2D eigenvalue weighted by atomic mass is 16.2. The van der Waals surface area contributed by atoms with Crippen LogP contribution in [0.4, 0.5) is 5.69 Å². The Morgan fingerprint density at radius 3 is 3.12 bits per heavy atom. The highest BCUT2D eigenvalue weighted by Gasteiger charge is 2.32. The second-order valence-electron chi connectivity index (χ2n) is 4.45. The summed E-state index contributed by atoms with van der Waals surface area (Å²) in [5, 5.41) is 3.29. The van der Waals surface area contributed by atoms with E-state index < -0.39 is 0 Å². The Labute approximate surface area is 102 Å². The highest BCUT2D eigenvalue weighted by Crippen LogP contribution is 2.23. The molecule has 0 radical (unpaired) electrons. The Hall–Kier alpha value is -1.42. The van der Waals surface area contributed by atoms with E-state index in [0.717, 1.165) is 37.2 Å². The first-order valence-electron chi connectivity index (χ1n) is 6.19.